The fraction of sp³-hybridized carbons (Fsp3) is 0.846. The molecule has 88 valence electrons. The third kappa shape index (κ3) is 3.86. The van der Waals surface area contributed by atoms with E-state index < -0.39 is 0 Å². The Morgan fingerprint density at radius 1 is 1.47 bits per heavy atom. The molecule has 0 bridgehead atoms. The van der Waals surface area contributed by atoms with Gasteiger partial charge in [-0.05, 0) is 31.3 Å². The molecule has 2 atom stereocenters. The van der Waals surface area contributed by atoms with Gasteiger partial charge in [0.2, 0.25) is 0 Å². The first-order chi connectivity index (χ1) is 7.29. The van der Waals surface area contributed by atoms with Crippen molar-refractivity contribution in [2.75, 3.05) is 6.61 Å². The molecule has 1 rings (SSSR count). The highest BCUT2D eigenvalue weighted by Crippen LogP contribution is 2.25. The van der Waals surface area contributed by atoms with Crippen molar-refractivity contribution in [1.29, 1.82) is 0 Å². The molecule has 15 heavy (non-hydrogen) atoms. The highest BCUT2D eigenvalue weighted by molar-refractivity contribution is 5.03. The average Bonchev–Trinajstić information content (AvgIpc) is 2.31. The molecule has 0 aromatic heterocycles. The molecule has 0 aromatic rings. The molecule has 0 fully saturated rings. The minimum absolute atomic E-state index is 0.370. The summed E-state index contributed by atoms with van der Waals surface area (Å²) in [6.07, 6.45) is 8.35. The molecule has 1 aliphatic heterocycles. The Morgan fingerprint density at radius 3 is 2.80 bits per heavy atom. The summed E-state index contributed by atoms with van der Waals surface area (Å²) in [5.74, 6) is 1.19. The van der Waals surface area contributed by atoms with Crippen molar-refractivity contribution in [1.82, 2.24) is 0 Å². The Morgan fingerprint density at radius 2 is 2.27 bits per heavy atom. The van der Waals surface area contributed by atoms with Crippen LogP contribution in [0, 0.1) is 5.92 Å². The Hall–Kier alpha value is -0.500. The predicted molar refractivity (Wildman–Crippen MR) is 62.6 cm³/mol. The third-order valence-corrected chi connectivity index (χ3v) is 3.15. The van der Waals surface area contributed by atoms with Gasteiger partial charge in [0.25, 0.3) is 0 Å². The molecule has 0 radical (unpaired) electrons. The second kappa shape index (κ2) is 6.89. The summed E-state index contributed by atoms with van der Waals surface area (Å²) in [5.41, 5.74) is 0. The van der Waals surface area contributed by atoms with E-state index in [0.29, 0.717) is 5.92 Å². The Bertz CT molecular complexity index is 199. The Kier molecular flexibility index (Phi) is 5.77. The van der Waals surface area contributed by atoms with E-state index in [9.17, 15) is 5.11 Å². The number of hydrogen-bond acceptors (Lipinski definition) is 2. The van der Waals surface area contributed by atoms with E-state index in [1.54, 1.807) is 0 Å². The number of rotatable bonds is 6. The van der Waals surface area contributed by atoms with Crippen LogP contribution in [-0.4, -0.2) is 17.8 Å². The monoisotopic (exact) mass is 212 g/mol. The van der Waals surface area contributed by atoms with Crippen molar-refractivity contribution in [3.05, 3.63) is 11.8 Å². The van der Waals surface area contributed by atoms with Gasteiger partial charge in [0.05, 0.1) is 6.61 Å². The Balaban J connectivity index is 2.47. The van der Waals surface area contributed by atoms with Gasteiger partial charge in [-0.2, -0.15) is 0 Å². The summed E-state index contributed by atoms with van der Waals surface area (Å²) < 4.78 is 5.51. The number of unbranched alkanes of at least 4 members (excludes halogenated alkanes) is 1. The zero-order chi connectivity index (χ0) is 11.1. The van der Waals surface area contributed by atoms with Gasteiger partial charge in [0.15, 0.2) is 0 Å². The standard InChI is InChI=1S/C13H24O2/c1-3-5-8-11(4-2)13(14)12-9-6-7-10-15-12/h9,11,13-14H,3-8,10H2,1-2H3. The maximum atomic E-state index is 10.2. The lowest BCUT2D eigenvalue weighted by Gasteiger charge is -2.26. The zero-order valence-electron chi connectivity index (χ0n) is 10.0. The highest BCUT2D eigenvalue weighted by atomic mass is 16.5. The van der Waals surface area contributed by atoms with Crippen LogP contribution in [-0.2, 0) is 4.74 Å². The maximum Gasteiger partial charge on any atom is 0.121 e. The first-order valence-electron chi connectivity index (χ1n) is 6.30. The molecular weight excluding hydrogens is 188 g/mol. The van der Waals surface area contributed by atoms with Crippen LogP contribution in [0.15, 0.2) is 11.8 Å². The largest absolute Gasteiger partial charge is 0.495 e. The smallest absolute Gasteiger partial charge is 0.121 e. The van der Waals surface area contributed by atoms with Crippen molar-refractivity contribution in [2.45, 2.75) is 58.5 Å². The van der Waals surface area contributed by atoms with Gasteiger partial charge >= 0.3 is 0 Å². The van der Waals surface area contributed by atoms with Crippen LogP contribution in [0.25, 0.3) is 0 Å². The fourth-order valence-electron chi connectivity index (χ4n) is 2.07. The molecule has 0 spiro atoms. The summed E-state index contributed by atoms with van der Waals surface area (Å²) in [7, 11) is 0. The summed E-state index contributed by atoms with van der Waals surface area (Å²) in [4.78, 5) is 0. The molecule has 0 aromatic carbocycles. The van der Waals surface area contributed by atoms with Crippen LogP contribution in [0.1, 0.15) is 52.4 Å². The highest BCUT2D eigenvalue weighted by Gasteiger charge is 2.23. The van der Waals surface area contributed by atoms with Crippen LogP contribution < -0.4 is 0 Å². The molecule has 1 aliphatic rings. The SMILES string of the molecule is CCCCC(CC)C(O)C1=CCCCO1. The van der Waals surface area contributed by atoms with Crippen molar-refractivity contribution < 1.29 is 9.84 Å². The number of ether oxygens (including phenoxy) is 1. The van der Waals surface area contributed by atoms with Gasteiger partial charge in [0.1, 0.15) is 11.9 Å². The van der Waals surface area contributed by atoms with Crippen molar-refractivity contribution in [2.24, 2.45) is 5.92 Å². The van der Waals surface area contributed by atoms with Crippen molar-refractivity contribution in [3.8, 4) is 0 Å². The van der Waals surface area contributed by atoms with E-state index in [4.69, 9.17) is 4.74 Å². The predicted octanol–water partition coefficient (Wildman–Crippen LogP) is 3.26. The zero-order valence-corrected chi connectivity index (χ0v) is 10.0. The third-order valence-electron chi connectivity index (χ3n) is 3.15. The van der Waals surface area contributed by atoms with E-state index in [1.807, 2.05) is 0 Å². The quantitative estimate of drug-likeness (QED) is 0.732. The fourth-order valence-corrected chi connectivity index (χ4v) is 2.07. The molecule has 0 aliphatic carbocycles. The summed E-state index contributed by atoms with van der Waals surface area (Å²) in [6.45, 7) is 5.11. The second-order valence-corrected chi connectivity index (χ2v) is 4.35. The van der Waals surface area contributed by atoms with Gasteiger partial charge in [-0.25, -0.2) is 0 Å². The first-order valence-corrected chi connectivity index (χ1v) is 6.30. The minimum atomic E-state index is -0.373. The van der Waals surface area contributed by atoms with Crippen LogP contribution in [0.4, 0.5) is 0 Å². The lowest BCUT2D eigenvalue weighted by Crippen LogP contribution is -2.25. The van der Waals surface area contributed by atoms with E-state index in [1.165, 1.54) is 12.8 Å². The van der Waals surface area contributed by atoms with Gasteiger partial charge < -0.3 is 9.84 Å². The molecular formula is C13H24O2. The molecule has 0 amide bonds. The van der Waals surface area contributed by atoms with Gasteiger partial charge in [-0.1, -0.05) is 33.1 Å². The van der Waals surface area contributed by atoms with E-state index in [-0.39, 0.29) is 6.10 Å². The van der Waals surface area contributed by atoms with E-state index in [0.717, 1.165) is 38.0 Å². The van der Waals surface area contributed by atoms with Gasteiger partial charge in [-0.3, -0.25) is 0 Å². The topological polar surface area (TPSA) is 29.5 Å². The van der Waals surface area contributed by atoms with Gasteiger partial charge in [0, 0.05) is 0 Å². The summed E-state index contributed by atoms with van der Waals surface area (Å²) in [6, 6.07) is 0. The first kappa shape index (κ1) is 12.6. The number of hydrogen-bond donors (Lipinski definition) is 1. The molecule has 2 heteroatoms. The normalized spacial score (nSPS) is 20.3. The van der Waals surface area contributed by atoms with Crippen LogP contribution in [0.5, 0.6) is 0 Å². The average molecular weight is 212 g/mol. The molecule has 2 unspecified atom stereocenters. The van der Waals surface area contributed by atoms with Crippen LogP contribution in [0.2, 0.25) is 0 Å². The second-order valence-electron chi connectivity index (χ2n) is 4.35. The molecule has 0 saturated heterocycles. The van der Waals surface area contributed by atoms with Crippen molar-refractivity contribution in [3.63, 3.8) is 0 Å². The summed E-state index contributed by atoms with van der Waals surface area (Å²) >= 11 is 0. The lowest BCUT2D eigenvalue weighted by molar-refractivity contribution is 0.0500. The summed E-state index contributed by atoms with van der Waals surface area (Å²) in [5, 5.41) is 10.2. The molecule has 0 saturated carbocycles. The lowest BCUT2D eigenvalue weighted by atomic mass is 9.91. The molecule has 2 nitrogen and oxygen atoms in total. The van der Waals surface area contributed by atoms with Gasteiger partial charge in [-0.15, -0.1) is 0 Å². The Labute approximate surface area is 93.3 Å². The maximum absolute atomic E-state index is 10.2. The number of aliphatic hydroxyl groups excluding tert-OH is 1. The van der Waals surface area contributed by atoms with Crippen molar-refractivity contribution >= 4 is 0 Å². The number of aliphatic hydroxyl groups is 1. The van der Waals surface area contributed by atoms with E-state index >= 15 is 0 Å². The van der Waals surface area contributed by atoms with Crippen LogP contribution >= 0.6 is 0 Å². The molecule has 1 heterocycles. The minimum Gasteiger partial charge on any atom is -0.495 e. The van der Waals surface area contributed by atoms with E-state index in [2.05, 4.69) is 19.9 Å². The van der Waals surface area contributed by atoms with Crippen LogP contribution in [0.3, 0.4) is 0 Å². The number of allylic oxidation sites excluding steroid dienone is 1. The molecule has 1 N–H and O–H groups in total.